The molecule has 0 aliphatic heterocycles. The van der Waals surface area contributed by atoms with Crippen LogP contribution in [0.3, 0.4) is 0 Å². The third kappa shape index (κ3) is 8.51. The van der Waals surface area contributed by atoms with Crippen molar-refractivity contribution in [1.29, 1.82) is 0 Å². The van der Waals surface area contributed by atoms with Crippen molar-refractivity contribution in [3.8, 4) is 5.75 Å². The second-order valence-electron chi connectivity index (χ2n) is 6.62. The zero-order valence-corrected chi connectivity index (χ0v) is 18.0. The fourth-order valence-electron chi connectivity index (χ4n) is 2.42. The number of carbonyl (C=O) groups excluding carboxylic acids is 2. The monoisotopic (exact) mass is 452 g/mol. The highest BCUT2D eigenvalue weighted by Crippen LogP contribution is 2.15. The van der Waals surface area contributed by atoms with Crippen LogP contribution in [0.4, 0.5) is 14.9 Å². The number of aryl methyl sites for hydroxylation is 1. The molecule has 0 aliphatic rings. The minimum atomic E-state index is -3.78. The molecule has 2 aromatic carbocycles. The molecule has 0 fully saturated rings. The third-order valence-corrected chi connectivity index (χ3v) is 5.45. The van der Waals surface area contributed by atoms with Crippen LogP contribution in [0.15, 0.2) is 42.5 Å². The number of benzene rings is 2. The zero-order chi connectivity index (χ0) is 22.9. The number of methoxy groups -OCH3 is 1. The first-order valence-electron chi connectivity index (χ1n) is 9.36. The molecule has 2 rings (SSSR count). The van der Waals surface area contributed by atoms with E-state index in [9.17, 15) is 22.4 Å². The lowest BCUT2D eigenvalue weighted by Crippen LogP contribution is -2.43. The van der Waals surface area contributed by atoms with Crippen molar-refractivity contribution in [2.45, 2.75) is 13.5 Å². The van der Waals surface area contributed by atoms with Gasteiger partial charge in [-0.05, 0) is 42.3 Å². The van der Waals surface area contributed by atoms with Gasteiger partial charge in [-0.25, -0.2) is 17.6 Å². The van der Waals surface area contributed by atoms with E-state index >= 15 is 0 Å². The first kappa shape index (κ1) is 23.9. The fraction of sp³-hybridized carbons (Fsp3) is 0.300. The van der Waals surface area contributed by atoms with Crippen LogP contribution in [0.5, 0.6) is 5.75 Å². The molecular weight excluding hydrogens is 427 g/mol. The van der Waals surface area contributed by atoms with E-state index in [1.807, 2.05) is 0 Å². The summed E-state index contributed by atoms with van der Waals surface area (Å²) in [5, 5.41) is 7.34. The van der Waals surface area contributed by atoms with Crippen LogP contribution in [0.2, 0.25) is 0 Å². The average Bonchev–Trinajstić information content (AvgIpc) is 2.73. The SMILES string of the molecule is COc1ccc(CNC(=O)CNC(=O)NCCS(=O)(=O)Nc2ccc(C)c(F)c2)cc1. The van der Waals surface area contributed by atoms with Crippen LogP contribution in [0.25, 0.3) is 0 Å². The van der Waals surface area contributed by atoms with Crippen molar-refractivity contribution in [2.75, 3.05) is 30.7 Å². The summed E-state index contributed by atoms with van der Waals surface area (Å²) in [5.41, 5.74) is 1.36. The summed E-state index contributed by atoms with van der Waals surface area (Å²) in [6, 6.07) is 10.4. The van der Waals surface area contributed by atoms with Crippen LogP contribution in [-0.2, 0) is 21.4 Å². The average molecular weight is 453 g/mol. The Morgan fingerprint density at radius 3 is 2.39 bits per heavy atom. The minimum absolute atomic E-state index is 0.0982. The van der Waals surface area contributed by atoms with Gasteiger partial charge in [0.1, 0.15) is 11.6 Å². The number of nitrogens with one attached hydrogen (secondary N) is 4. The molecule has 0 heterocycles. The second kappa shape index (κ2) is 11.2. The van der Waals surface area contributed by atoms with Crippen molar-refractivity contribution in [3.63, 3.8) is 0 Å². The molecule has 3 amide bonds. The van der Waals surface area contributed by atoms with E-state index in [-0.39, 0.29) is 25.3 Å². The molecular formula is C20H25FN4O5S. The Morgan fingerprint density at radius 1 is 1.03 bits per heavy atom. The maximum absolute atomic E-state index is 13.5. The molecule has 0 radical (unpaired) electrons. The van der Waals surface area contributed by atoms with Crippen LogP contribution < -0.4 is 25.4 Å². The molecule has 0 atom stereocenters. The third-order valence-electron chi connectivity index (χ3n) is 4.16. The number of anilines is 1. The molecule has 9 nitrogen and oxygen atoms in total. The Hall–Kier alpha value is -3.34. The van der Waals surface area contributed by atoms with Crippen LogP contribution in [0, 0.1) is 12.7 Å². The molecule has 0 unspecified atom stereocenters. The van der Waals surface area contributed by atoms with Gasteiger partial charge in [-0.3, -0.25) is 9.52 Å². The largest absolute Gasteiger partial charge is 0.497 e. The lowest BCUT2D eigenvalue weighted by molar-refractivity contribution is -0.120. The summed E-state index contributed by atoms with van der Waals surface area (Å²) in [5.74, 6) is -0.638. The molecule has 0 saturated carbocycles. The second-order valence-corrected chi connectivity index (χ2v) is 8.46. The Morgan fingerprint density at radius 2 is 1.74 bits per heavy atom. The first-order chi connectivity index (χ1) is 14.7. The Bertz CT molecular complexity index is 1010. The number of hydrogen-bond acceptors (Lipinski definition) is 5. The predicted octanol–water partition coefficient (Wildman–Crippen LogP) is 1.50. The molecule has 0 aliphatic carbocycles. The van der Waals surface area contributed by atoms with Gasteiger partial charge in [-0.15, -0.1) is 0 Å². The Balaban J connectivity index is 1.66. The summed E-state index contributed by atoms with van der Waals surface area (Å²) in [6.45, 7) is 1.39. The lowest BCUT2D eigenvalue weighted by Gasteiger charge is -2.11. The Kier molecular flexibility index (Phi) is 8.62. The van der Waals surface area contributed by atoms with E-state index in [1.165, 1.54) is 12.1 Å². The van der Waals surface area contributed by atoms with E-state index in [2.05, 4.69) is 20.7 Å². The van der Waals surface area contributed by atoms with E-state index in [4.69, 9.17) is 4.74 Å². The Labute approximate surface area is 180 Å². The standard InChI is InChI=1S/C20H25FN4O5S/c1-14-3-6-16(11-18(14)21)25-31(28,29)10-9-22-20(27)24-13-19(26)23-12-15-4-7-17(30-2)8-5-15/h3-8,11,25H,9-10,12-13H2,1-2H3,(H,23,26)(H2,22,24,27). The number of amides is 3. The van der Waals surface area contributed by atoms with E-state index in [0.717, 1.165) is 11.6 Å². The quantitative estimate of drug-likeness (QED) is 0.435. The molecule has 31 heavy (non-hydrogen) atoms. The number of halogens is 1. The molecule has 0 saturated heterocycles. The number of carbonyl (C=O) groups is 2. The van der Waals surface area contributed by atoms with Gasteiger partial charge in [-0.1, -0.05) is 18.2 Å². The molecule has 0 bridgehead atoms. The molecule has 168 valence electrons. The zero-order valence-electron chi connectivity index (χ0n) is 17.2. The highest BCUT2D eigenvalue weighted by molar-refractivity contribution is 7.92. The summed E-state index contributed by atoms with van der Waals surface area (Å²) < 4.78 is 44.9. The summed E-state index contributed by atoms with van der Waals surface area (Å²) in [4.78, 5) is 23.6. The number of ether oxygens (including phenoxy) is 1. The van der Waals surface area contributed by atoms with Gasteiger partial charge >= 0.3 is 6.03 Å². The van der Waals surface area contributed by atoms with Crippen molar-refractivity contribution in [2.24, 2.45) is 0 Å². The molecule has 0 aromatic heterocycles. The molecule has 4 N–H and O–H groups in total. The highest BCUT2D eigenvalue weighted by atomic mass is 32.2. The van der Waals surface area contributed by atoms with Crippen LogP contribution in [-0.4, -0.2) is 46.3 Å². The number of sulfonamides is 1. The van der Waals surface area contributed by atoms with Gasteiger partial charge in [0.05, 0.1) is 25.1 Å². The van der Waals surface area contributed by atoms with Gasteiger partial charge in [0.15, 0.2) is 0 Å². The maximum Gasteiger partial charge on any atom is 0.315 e. The summed E-state index contributed by atoms with van der Waals surface area (Å²) >= 11 is 0. The van der Waals surface area contributed by atoms with E-state index < -0.39 is 33.5 Å². The van der Waals surface area contributed by atoms with Crippen LogP contribution in [0.1, 0.15) is 11.1 Å². The predicted molar refractivity (Wildman–Crippen MR) is 115 cm³/mol. The van der Waals surface area contributed by atoms with Crippen molar-refractivity contribution in [3.05, 3.63) is 59.4 Å². The van der Waals surface area contributed by atoms with Gasteiger partial charge in [0.25, 0.3) is 0 Å². The molecule has 0 spiro atoms. The maximum atomic E-state index is 13.5. The van der Waals surface area contributed by atoms with E-state index in [1.54, 1.807) is 38.3 Å². The van der Waals surface area contributed by atoms with Crippen molar-refractivity contribution < 1.29 is 27.1 Å². The van der Waals surface area contributed by atoms with Crippen LogP contribution >= 0.6 is 0 Å². The van der Waals surface area contributed by atoms with Crippen molar-refractivity contribution in [1.82, 2.24) is 16.0 Å². The van der Waals surface area contributed by atoms with Gasteiger partial charge in [0, 0.05) is 13.1 Å². The molecule has 11 heteroatoms. The summed E-state index contributed by atoms with van der Waals surface area (Å²) in [7, 11) is -2.22. The number of urea groups is 1. The minimum Gasteiger partial charge on any atom is -0.497 e. The van der Waals surface area contributed by atoms with Gasteiger partial charge < -0.3 is 20.7 Å². The number of hydrogen-bond donors (Lipinski definition) is 4. The van der Waals surface area contributed by atoms with Gasteiger partial charge in [-0.2, -0.15) is 0 Å². The summed E-state index contributed by atoms with van der Waals surface area (Å²) in [6.07, 6.45) is 0. The topological polar surface area (TPSA) is 126 Å². The van der Waals surface area contributed by atoms with E-state index in [0.29, 0.717) is 11.3 Å². The lowest BCUT2D eigenvalue weighted by atomic mass is 10.2. The normalized spacial score (nSPS) is 10.8. The fourth-order valence-corrected chi connectivity index (χ4v) is 3.37. The van der Waals surface area contributed by atoms with Gasteiger partial charge in [0.2, 0.25) is 15.9 Å². The smallest absolute Gasteiger partial charge is 0.315 e. The first-order valence-corrected chi connectivity index (χ1v) is 11.0. The van der Waals surface area contributed by atoms with Crippen molar-refractivity contribution >= 4 is 27.6 Å². The highest BCUT2D eigenvalue weighted by Gasteiger charge is 2.12. The molecule has 2 aromatic rings. The number of rotatable bonds is 10.